The van der Waals surface area contributed by atoms with Gasteiger partial charge in [0, 0.05) is 16.3 Å². The van der Waals surface area contributed by atoms with Crippen LogP contribution in [0.25, 0.3) is 17.0 Å². The number of fused-ring (bicyclic) bond motifs is 1. The summed E-state index contributed by atoms with van der Waals surface area (Å²) in [6.07, 6.45) is 0. The van der Waals surface area contributed by atoms with Crippen molar-refractivity contribution in [1.82, 2.24) is 19.6 Å². The van der Waals surface area contributed by atoms with Crippen LogP contribution in [-0.2, 0) is 0 Å². The summed E-state index contributed by atoms with van der Waals surface area (Å²) in [5.41, 5.74) is 2.98. The molecule has 1 aromatic carbocycles. The molecule has 0 amide bonds. The van der Waals surface area contributed by atoms with Crippen molar-refractivity contribution in [2.45, 2.75) is 13.8 Å². The highest BCUT2D eigenvalue weighted by molar-refractivity contribution is 6.36. The van der Waals surface area contributed by atoms with Gasteiger partial charge in [0.15, 0.2) is 16.6 Å². The molecule has 2 heterocycles. The second kappa shape index (κ2) is 4.88. The van der Waals surface area contributed by atoms with E-state index in [9.17, 15) is 0 Å². The summed E-state index contributed by atoms with van der Waals surface area (Å²) in [7, 11) is 0. The average molecular weight is 328 g/mol. The van der Waals surface area contributed by atoms with Crippen molar-refractivity contribution >= 4 is 40.4 Å². The summed E-state index contributed by atoms with van der Waals surface area (Å²) in [6, 6.07) is 5.24. The van der Waals surface area contributed by atoms with Gasteiger partial charge in [-0.25, -0.2) is 4.98 Å². The number of benzene rings is 1. The first-order valence-corrected chi connectivity index (χ1v) is 6.95. The van der Waals surface area contributed by atoms with Crippen LogP contribution in [0.1, 0.15) is 11.4 Å². The first-order valence-electron chi connectivity index (χ1n) is 5.82. The monoisotopic (exact) mass is 326 g/mol. The van der Waals surface area contributed by atoms with Gasteiger partial charge in [-0.05, 0) is 32.0 Å². The molecular weight excluding hydrogens is 319 g/mol. The van der Waals surface area contributed by atoms with E-state index in [-0.39, 0.29) is 0 Å². The molecule has 0 N–H and O–H groups in total. The lowest BCUT2D eigenvalue weighted by atomic mass is 10.2. The standard InChI is InChI=1S/C13H9Cl3N4/c1-6-7(2)20-12(18-19-13(20)11(16)17-6)9-4-3-8(14)5-10(9)15/h3-5H,1-2H3. The number of aryl methyl sites for hydroxylation is 2. The zero-order chi connectivity index (χ0) is 14.4. The van der Waals surface area contributed by atoms with E-state index in [0.717, 1.165) is 17.0 Å². The molecule has 20 heavy (non-hydrogen) atoms. The second-order valence-electron chi connectivity index (χ2n) is 4.38. The van der Waals surface area contributed by atoms with Crippen LogP contribution in [0.3, 0.4) is 0 Å². The number of rotatable bonds is 1. The van der Waals surface area contributed by atoms with Crippen LogP contribution in [0.5, 0.6) is 0 Å². The number of hydrogen-bond acceptors (Lipinski definition) is 3. The van der Waals surface area contributed by atoms with Gasteiger partial charge in [0.05, 0.1) is 10.7 Å². The molecule has 0 spiro atoms. The minimum atomic E-state index is 0.317. The van der Waals surface area contributed by atoms with Crippen molar-refractivity contribution in [2.24, 2.45) is 0 Å². The van der Waals surface area contributed by atoms with Crippen molar-refractivity contribution in [2.75, 3.05) is 0 Å². The molecule has 0 bridgehead atoms. The van der Waals surface area contributed by atoms with Crippen LogP contribution in [0, 0.1) is 13.8 Å². The zero-order valence-electron chi connectivity index (χ0n) is 10.7. The fourth-order valence-corrected chi connectivity index (χ4v) is 2.76. The zero-order valence-corrected chi connectivity index (χ0v) is 12.9. The highest BCUT2D eigenvalue weighted by atomic mass is 35.5. The molecular formula is C13H9Cl3N4. The Morgan fingerprint density at radius 3 is 2.50 bits per heavy atom. The van der Waals surface area contributed by atoms with Crippen LogP contribution < -0.4 is 0 Å². The third kappa shape index (κ3) is 2.04. The van der Waals surface area contributed by atoms with Crippen LogP contribution in [0.4, 0.5) is 0 Å². The molecule has 0 aliphatic carbocycles. The van der Waals surface area contributed by atoms with Gasteiger partial charge in [0.25, 0.3) is 0 Å². The van der Waals surface area contributed by atoms with E-state index in [1.807, 2.05) is 24.3 Å². The molecule has 0 aliphatic heterocycles. The van der Waals surface area contributed by atoms with Gasteiger partial charge in [-0.15, -0.1) is 10.2 Å². The molecule has 0 atom stereocenters. The predicted molar refractivity (Wildman–Crippen MR) is 80.7 cm³/mol. The molecule has 0 radical (unpaired) electrons. The van der Waals surface area contributed by atoms with E-state index < -0.39 is 0 Å². The van der Waals surface area contributed by atoms with E-state index in [1.54, 1.807) is 12.1 Å². The van der Waals surface area contributed by atoms with Crippen molar-refractivity contribution in [3.05, 3.63) is 44.8 Å². The molecule has 3 rings (SSSR count). The smallest absolute Gasteiger partial charge is 0.199 e. The van der Waals surface area contributed by atoms with E-state index in [2.05, 4.69) is 15.2 Å². The quantitative estimate of drug-likeness (QED) is 0.666. The first-order chi connectivity index (χ1) is 9.49. The second-order valence-corrected chi connectivity index (χ2v) is 5.58. The fraction of sp³-hybridized carbons (Fsp3) is 0.154. The third-order valence-corrected chi connectivity index (χ3v) is 3.95. The summed E-state index contributed by atoms with van der Waals surface area (Å²) in [4.78, 5) is 4.23. The van der Waals surface area contributed by atoms with Crippen molar-refractivity contribution in [1.29, 1.82) is 0 Å². The molecule has 0 saturated carbocycles. The summed E-state index contributed by atoms with van der Waals surface area (Å²) in [6.45, 7) is 3.82. The molecule has 0 unspecified atom stereocenters. The Bertz CT molecular complexity index is 826. The van der Waals surface area contributed by atoms with Crippen LogP contribution in [-0.4, -0.2) is 19.6 Å². The van der Waals surface area contributed by atoms with E-state index in [4.69, 9.17) is 34.8 Å². The number of aromatic nitrogens is 4. The lowest BCUT2D eigenvalue weighted by molar-refractivity contribution is 1.000. The van der Waals surface area contributed by atoms with Gasteiger partial charge in [0.2, 0.25) is 0 Å². The van der Waals surface area contributed by atoms with Crippen LogP contribution in [0.2, 0.25) is 15.2 Å². The summed E-state index contributed by atoms with van der Waals surface area (Å²) in [5, 5.41) is 9.66. The van der Waals surface area contributed by atoms with Crippen molar-refractivity contribution < 1.29 is 0 Å². The maximum absolute atomic E-state index is 6.24. The maximum Gasteiger partial charge on any atom is 0.199 e. The highest BCUT2D eigenvalue weighted by Gasteiger charge is 2.17. The normalized spacial score (nSPS) is 11.2. The van der Waals surface area contributed by atoms with Crippen LogP contribution in [0.15, 0.2) is 18.2 Å². The predicted octanol–water partition coefficient (Wildman–Crippen LogP) is 4.37. The summed E-state index contributed by atoms with van der Waals surface area (Å²) < 4.78 is 1.85. The molecule has 0 aliphatic rings. The Hall–Kier alpha value is -1.36. The minimum Gasteiger partial charge on any atom is -0.275 e. The van der Waals surface area contributed by atoms with Gasteiger partial charge in [0.1, 0.15) is 0 Å². The molecule has 4 nitrogen and oxygen atoms in total. The van der Waals surface area contributed by atoms with E-state index >= 15 is 0 Å². The van der Waals surface area contributed by atoms with Gasteiger partial charge in [-0.3, -0.25) is 4.40 Å². The molecule has 2 aromatic heterocycles. The van der Waals surface area contributed by atoms with Gasteiger partial charge < -0.3 is 0 Å². The Labute approximate surface area is 130 Å². The lowest BCUT2D eigenvalue weighted by Crippen LogP contribution is -2.01. The number of hydrogen-bond donors (Lipinski definition) is 0. The number of halogens is 3. The van der Waals surface area contributed by atoms with Gasteiger partial charge in [-0.2, -0.15) is 0 Å². The average Bonchev–Trinajstić information content (AvgIpc) is 2.81. The molecule has 0 fully saturated rings. The molecule has 102 valence electrons. The van der Waals surface area contributed by atoms with Crippen LogP contribution >= 0.6 is 34.8 Å². The Morgan fingerprint density at radius 2 is 1.80 bits per heavy atom. The highest BCUT2D eigenvalue weighted by Crippen LogP contribution is 2.31. The van der Waals surface area contributed by atoms with E-state index in [1.165, 1.54) is 0 Å². The number of nitrogens with zero attached hydrogens (tertiary/aromatic N) is 4. The maximum atomic E-state index is 6.24. The van der Waals surface area contributed by atoms with Gasteiger partial charge >= 0.3 is 0 Å². The van der Waals surface area contributed by atoms with E-state index in [0.29, 0.717) is 26.7 Å². The third-order valence-electron chi connectivity index (χ3n) is 3.14. The van der Waals surface area contributed by atoms with Gasteiger partial charge in [-0.1, -0.05) is 34.8 Å². The Kier molecular flexibility index (Phi) is 3.32. The lowest BCUT2D eigenvalue weighted by Gasteiger charge is -2.08. The summed E-state index contributed by atoms with van der Waals surface area (Å²) in [5.74, 6) is 0.617. The van der Waals surface area contributed by atoms with Crippen molar-refractivity contribution in [3.8, 4) is 11.4 Å². The first kappa shape index (κ1) is 13.6. The minimum absolute atomic E-state index is 0.317. The largest absolute Gasteiger partial charge is 0.275 e. The Balaban J connectivity index is 2.38. The van der Waals surface area contributed by atoms with Crippen molar-refractivity contribution in [3.63, 3.8) is 0 Å². The Morgan fingerprint density at radius 1 is 1.05 bits per heavy atom. The topological polar surface area (TPSA) is 43.1 Å². The molecule has 7 heteroatoms. The summed E-state index contributed by atoms with van der Waals surface area (Å²) >= 11 is 18.3. The fourth-order valence-electron chi connectivity index (χ4n) is 2.02. The SMILES string of the molecule is Cc1nc(Cl)c2nnc(-c3ccc(Cl)cc3Cl)n2c1C. The molecule has 3 aromatic rings. The molecule has 0 saturated heterocycles.